The Morgan fingerprint density at radius 1 is 0.857 bits per heavy atom. The minimum absolute atomic E-state index is 0.558. The molecule has 0 aliphatic carbocycles. The van der Waals surface area contributed by atoms with Gasteiger partial charge in [0, 0.05) is 19.1 Å². The lowest BCUT2D eigenvalue weighted by Gasteiger charge is -1.74. The van der Waals surface area contributed by atoms with Crippen LogP contribution in [0.25, 0.3) is 0 Å². The van der Waals surface area contributed by atoms with Crippen molar-refractivity contribution in [3.8, 4) is 0 Å². The zero-order valence-corrected chi connectivity index (χ0v) is 7.13. The number of Topliss-reactive ketones (excluding diaryl/α,β-unsaturated/α-hetero) is 1. The van der Waals surface area contributed by atoms with Gasteiger partial charge < -0.3 is 15.3 Å². The number of hydrogen-bond donors (Lipinski definition) is 3. The fourth-order valence-electron chi connectivity index (χ4n) is 0.143. The molecule has 0 atom stereocenters. The molecule has 78 valence electrons. The van der Waals surface area contributed by atoms with E-state index in [9.17, 15) is 19.2 Å². The molecule has 0 aromatic rings. The third-order valence-electron chi connectivity index (χ3n) is 0.670. The molecule has 0 spiro atoms. The fourth-order valence-corrected chi connectivity index (χ4v) is 0.143. The van der Waals surface area contributed by atoms with E-state index in [1.54, 1.807) is 0 Å². The van der Waals surface area contributed by atoms with E-state index in [-0.39, 0.29) is 0 Å². The van der Waals surface area contributed by atoms with Gasteiger partial charge in [0.15, 0.2) is 0 Å². The van der Waals surface area contributed by atoms with Crippen LogP contribution < -0.4 is 0 Å². The van der Waals surface area contributed by atoms with Gasteiger partial charge in [-0.15, -0.1) is 0 Å². The minimum Gasteiger partial charge on any atom is -0.478 e. The molecule has 0 aromatic heterocycles. The Hall–Kier alpha value is -2.18. The van der Waals surface area contributed by atoms with Crippen molar-refractivity contribution in [1.82, 2.24) is 0 Å². The van der Waals surface area contributed by atoms with E-state index >= 15 is 0 Å². The highest BCUT2D eigenvalue weighted by molar-refractivity contribution is 6.31. The standard InChI is InChI=1S/C4H4O4.C3H4O3/c5-3(6)1-2-4(7)8;1-2(4)3(5)6/h1-2H,(H,5,6)(H,7,8);1H3,(H,5,6). The quantitative estimate of drug-likeness (QED) is 0.412. The van der Waals surface area contributed by atoms with Gasteiger partial charge in [-0.3, -0.25) is 4.79 Å². The number of aliphatic carboxylic acids is 3. The van der Waals surface area contributed by atoms with Gasteiger partial charge in [0.1, 0.15) is 0 Å². The predicted molar refractivity (Wildman–Crippen MR) is 42.7 cm³/mol. The van der Waals surface area contributed by atoms with E-state index < -0.39 is 23.7 Å². The summed E-state index contributed by atoms with van der Waals surface area (Å²) in [6, 6.07) is 0. The molecule has 0 saturated carbocycles. The molecule has 0 unspecified atom stereocenters. The van der Waals surface area contributed by atoms with Crippen molar-refractivity contribution in [2.75, 3.05) is 0 Å². The Labute approximate surface area is 78.3 Å². The predicted octanol–water partition coefficient (Wildman–Crippen LogP) is -0.628. The molecule has 3 N–H and O–H groups in total. The molecule has 0 bridgehead atoms. The SMILES string of the molecule is CC(=O)C(=O)O.O=C(O)C=CC(=O)O. The van der Waals surface area contributed by atoms with Crippen LogP contribution in [0.5, 0.6) is 0 Å². The molecule has 0 aromatic carbocycles. The second kappa shape index (κ2) is 7.47. The molecular weight excluding hydrogens is 196 g/mol. The first-order valence-electron chi connectivity index (χ1n) is 3.15. The highest BCUT2D eigenvalue weighted by Crippen LogP contribution is 1.70. The van der Waals surface area contributed by atoms with E-state index in [4.69, 9.17) is 15.3 Å². The molecule has 7 nitrogen and oxygen atoms in total. The molecule has 0 radical (unpaired) electrons. The Kier molecular flexibility index (Phi) is 7.65. The molecule has 0 fully saturated rings. The first kappa shape index (κ1) is 14.3. The molecule has 0 saturated heterocycles. The first-order valence-corrected chi connectivity index (χ1v) is 3.15. The summed E-state index contributed by atoms with van der Waals surface area (Å²) in [6.07, 6.45) is 1.12. The van der Waals surface area contributed by atoms with E-state index in [1.807, 2.05) is 0 Å². The number of carboxylic acids is 3. The maximum atomic E-state index is 9.55. The fraction of sp³-hybridized carbons (Fsp3) is 0.143. The second-order valence-corrected chi connectivity index (χ2v) is 1.87. The molecule has 0 amide bonds. The van der Waals surface area contributed by atoms with Crippen LogP contribution in [0.3, 0.4) is 0 Å². The van der Waals surface area contributed by atoms with Gasteiger partial charge in [0.25, 0.3) is 0 Å². The molecule has 0 aliphatic heterocycles. The van der Waals surface area contributed by atoms with Crippen molar-refractivity contribution in [2.24, 2.45) is 0 Å². The zero-order valence-electron chi connectivity index (χ0n) is 7.13. The number of rotatable bonds is 3. The normalized spacial score (nSPS) is 8.64. The van der Waals surface area contributed by atoms with E-state index in [2.05, 4.69) is 0 Å². The Morgan fingerprint density at radius 2 is 1.07 bits per heavy atom. The van der Waals surface area contributed by atoms with Gasteiger partial charge in [0.05, 0.1) is 0 Å². The highest BCUT2D eigenvalue weighted by atomic mass is 16.4. The van der Waals surface area contributed by atoms with Crippen molar-refractivity contribution in [1.29, 1.82) is 0 Å². The van der Waals surface area contributed by atoms with Crippen LogP contribution in [0, 0.1) is 0 Å². The van der Waals surface area contributed by atoms with Crippen molar-refractivity contribution in [3.63, 3.8) is 0 Å². The van der Waals surface area contributed by atoms with Crippen molar-refractivity contribution in [2.45, 2.75) is 6.92 Å². The van der Waals surface area contributed by atoms with Crippen LogP contribution in [0.4, 0.5) is 0 Å². The molecule has 0 heterocycles. The summed E-state index contributed by atoms with van der Waals surface area (Å²) in [5.74, 6) is -4.72. The number of hydrogen-bond acceptors (Lipinski definition) is 4. The molecule has 7 heteroatoms. The third-order valence-corrected chi connectivity index (χ3v) is 0.670. The van der Waals surface area contributed by atoms with E-state index in [0.717, 1.165) is 6.92 Å². The summed E-state index contributed by atoms with van der Waals surface area (Å²) in [7, 11) is 0. The van der Waals surface area contributed by atoms with Crippen LogP contribution >= 0.6 is 0 Å². The first-order chi connectivity index (χ1) is 6.27. The zero-order chi connectivity index (χ0) is 11.7. The summed E-state index contributed by atoms with van der Waals surface area (Å²) >= 11 is 0. The lowest BCUT2D eigenvalue weighted by Crippen LogP contribution is -2.05. The molecule has 14 heavy (non-hydrogen) atoms. The Bertz CT molecular complexity index is 248. The number of ketones is 1. The van der Waals surface area contributed by atoms with Crippen molar-refractivity contribution >= 4 is 23.7 Å². The van der Waals surface area contributed by atoms with Crippen molar-refractivity contribution < 1.29 is 34.5 Å². The number of carboxylic acid groups (broad SMARTS) is 3. The Balaban J connectivity index is 0. The van der Waals surface area contributed by atoms with Gasteiger partial charge in [-0.1, -0.05) is 0 Å². The lowest BCUT2D eigenvalue weighted by atomic mass is 10.5. The topological polar surface area (TPSA) is 129 Å². The van der Waals surface area contributed by atoms with Crippen LogP contribution in [0.2, 0.25) is 0 Å². The maximum Gasteiger partial charge on any atom is 0.371 e. The van der Waals surface area contributed by atoms with E-state index in [1.165, 1.54) is 0 Å². The number of carbonyl (C=O) groups excluding carboxylic acids is 1. The average Bonchev–Trinajstić information content (AvgIpc) is 2.01. The van der Waals surface area contributed by atoms with Gasteiger partial charge in [-0.2, -0.15) is 0 Å². The smallest absolute Gasteiger partial charge is 0.371 e. The summed E-state index contributed by atoms with van der Waals surface area (Å²) < 4.78 is 0. The number of carbonyl (C=O) groups is 4. The van der Waals surface area contributed by atoms with Crippen molar-refractivity contribution in [3.05, 3.63) is 12.2 Å². The monoisotopic (exact) mass is 204 g/mol. The summed E-state index contributed by atoms with van der Waals surface area (Å²) in [6.45, 7) is 1.00. The second-order valence-electron chi connectivity index (χ2n) is 1.87. The summed E-state index contributed by atoms with van der Waals surface area (Å²) in [5.41, 5.74) is 0. The van der Waals surface area contributed by atoms with Crippen LogP contribution in [-0.2, 0) is 19.2 Å². The van der Waals surface area contributed by atoms with Gasteiger partial charge >= 0.3 is 17.9 Å². The highest BCUT2D eigenvalue weighted by Gasteiger charge is 1.98. The Morgan fingerprint density at radius 3 is 1.14 bits per heavy atom. The average molecular weight is 204 g/mol. The minimum atomic E-state index is -1.38. The van der Waals surface area contributed by atoms with Crippen LogP contribution in [0.1, 0.15) is 6.92 Å². The van der Waals surface area contributed by atoms with Gasteiger partial charge in [-0.25, -0.2) is 14.4 Å². The van der Waals surface area contributed by atoms with Crippen LogP contribution in [-0.4, -0.2) is 39.0 Å². The lowest BCUT2D eigenvalue weighted by molar-refractivity contribution is -0.148. The van der Waals surface area contributed by atoms with E-state index in [0.29, 0.717) is 12.2 Å². The largest absolute Gasteiger partial charge is 0.478 e. The summed E-state index contributed by atoms with van der Waals surface area (Å²) in [5, 5.41) is 23.3. The van der Waals surface area contributed by atoms with Crippen LogP contribution in [0.15, 0.2) is 12.2 Å². The van der Waals surface area contributed by atoms with Gasteiger partial charge in [-0.05, 0) is 0 Å². The molecule has 0 rings (SSSR count). The maximum absolute atomic E-state index is 9.55. The third kappa shape index (κ3) is 16.4. The van der Waals surface area contributed by atoms with Gasteiger partial charge in [0.2, 0.25) is 5.78 Å². The molecular formula is C7H8O7. The molecule has 0 aliphatic rings. The summed E-state index contributed by atoms with van der Waals surface area (Å²) in [4.78, 5) is 38.0.